The molecule has 0 fully saturated rings. The molecule has 2 atom stereocenters. The van der Waals surface area contributed by atoms with Crippen LogP contribution < -0.4 is 5.73 Å². The lowest BCUT2D eigenvalue weighted by Crippen LogP contribution is -2.52. The Labute approximate surface area is 128 Å². The highest BCUT2D eigenvalue weighted by atomic mass is 15.1. The predicted molar refractivity (Wildman–Crippen MR) is 90.0 cm³/mol. The van der Waals surface area contributed by atoms with Gasteiger partial charge in [0.1, 0.15) is 0 Å². The van der Waals surface area contributed by atoms with Gasteiger partial charge in [0, 0.05) is 0 Å². The highest BCUT2D eigenvalue weighted by Crippen LogP contribution is 2.41. The molecule has 0 saturated carbocycles. The zero-order valence-electron chi connectivity index (χ0n) is 13.5. The van der Waals surface area contributed by atoms with Gasteiger partial charge < -0.3 is 10.6 Å². The lowest BCUT2D eigenvalue weighted by atomic mass is 9.72. The highest BCUT2D eigenvalue weighted by molar-refractivity contribution is 5.33. The largest absolute Gasteiger partial charge is 0.320 e. The van der Waals surface area contributed by atoms with E-state index >= 15 is 0 Å². The number of hydrogen-bond donors (Lipinski definition) is 1. The average Bonchev–Trinajstić information content (AvgIpc) is 2.48. The Morgan fingerprint density at radius 2 is 1.33 bits per heavy atom. The molecular formula is C19H26N2. The molecule has 2 aromatic carbocycles. The Kier molecular flexibility index (Phi) is 4.81. The summed E-state index contributed by atoms with van der Waals surface area (Å²) in [5.41, 5.74) is 8.99. The van der Waals surface area contributed by atoms with Gasteiger partial charge in [0.15, 0.2) is 0 Å². The van der Waals surface area contributed by atoms with E-state index in [-0.39, 0.29) is 6.04 Å². The van der Waals surface area contributed by atoms with Gasteiger partial charge in [-0.25, -0.2) is 0 Å². The van der Waals surface area contributed by atoms with Gasteiger partial charge in [0.05, 0.1) is 11.6 Å². The number of benzene rings is 2. The van der Waals surface area contributed by atoms with Crippen LogP contribution in [0, 0.1) is 5.92 Å². The lowest BCUT2D eigenvalue weighted by Gasteiger charge is -2.45. The van der Waals surface area contributed by atoms with E-state index in [1.54, 1.807) is 0 Å². The van der Waals surface area contributed by atoms with Crippen molar-refractivity contribution in [1.29, 1.82) is 0 Å². The van der Waals surface area contributed by atoms with E-state index < -0.39 is 5.54 Å². The van der Waals surface area contributed by atoms with E-state index in [0.717, 1.165) is 0 Å². The minimum absolute atomic E-state index is 0.126. The Morgan fingerprint density at radius 3 is 1.76 bits per heavy atom. The van der Waals surface area contributed by atoms with E-state index in [0.29, 0.717) is 5.92 Å². The highest BCUT2D eigenvalue weighted by Gasteiger charge is 2.41. The van der Waals surface area contributed by atoms with Gasteiger partial charge in [-0.1, -0.05) is 74.5 Å². The summed E-state index contributed by atoms with van der Waals surface area (Å²) in [6.45, 7) is 4.40. The summed E-state index contributed by atoms with van der Waals surface area (Å²) in [4.78, 5) is 2.22. The van der Waals surface area contributed by atoms with Crippen molar-refractivity contribution in [3.63, 3.8) is 0 Å². The second-order valence-corrected chi connectivity index (χ2v) is 6.23. The normalized spacial score (nSPS) is 16.0. The Morgan fingerprint density at radius 1 is 0.857 bits per heavy atom. The summed E-state index contributed by atoms with van der Waals surface area (Å²) >= 11 is 0. The molecule has 2 rings (SSSR count). The SMILES string of the molecule is CC(C)C(N)(c1ccccc1)C(c1ccccc1)N(C)C. The van der Waals surface area contributed by atoms with Crippen LogP contribution >= 0.6 is 0 Å². The van der Waals surface area contributed by atoms with Crippen LogP contribution in [0.25, 0.3) is 0 Å². The molecule has 0 heterocycles. The van der Waals surface area contributed by atoms with Crippen molar-refractivity contribution in [3.8, 4) is 0 Å². The summed E-state index contributed by atoms with van der Waals surface area (Å²) in [7, 11) is 4.20. The molecule has 0 aliphatic carbocycles. The fourth-order valence-corrected chi connectivity index (χ4v) is 3.17. The van der Waals surface area contributed by atoms with E-state index in [2.05, 4.69) is 81.4 Å². The molecule has 0 bridgehead atoms. The zero-order chi connectivity index (χ0) is 15.5. The van der Waals surface area contributed by atoms with E-state index in [1.165, 1.54) is 11.1 Å². The molecule has 2 unspecified atom stereocenters. The Bertz CT molecular complexity index is 548. The first-order valence-electron chi connectivity index (χ1n) is 7.53. The number of nitrogens with two attached hydrogens (primary N) is 1. The third kappa shape index (κ3) is 3.02. The van der Waals surface area contributed by atoms with Crippen molar-refractivity contribution in [3.05, 3.63) is 71.8 Å². The molecule has 21 heavy (non-hydrogen) atoms. The molecular weight excluding hydrogens is 256 g/mol. The third-order valence-electron chi connectivity index (χ3n) is 4.31. The molecule has 2 heteroatoms. The Balaban J connectivity index is 2.58. The summed E-state index contributed by atoms with van der Waals surface area (Å²) in [6, 6.07) is 21.1. The van der Waals surface area contributed by atoms with Crippen LogP contribution in [0.3, 0.4) is 0 Å². The van der Waals surface area contributed by atoms with Crippen LogP contribution in [-0.2, 0) is 5.54 Å². The summed E-state index contributed by atoms with van der Waals surface area (Å²) in [5.74, 6) is 0.313. The van der Waals surface area contributed by atoms with Crippen LogP contribution in [0.5, 0.6) is 0 Å². The van der Waals surface area contributed by atoms with Gasteiger partial charge in [-0.3, -0.25) is 0 Å². The maximum absolute atomic E-state index is 7.00. The molecule has 0 amide bonds. The minimum atomic E-state index is -0.438. The van der Waals surface area contributed by atoms with Crippen molar-refractivity contribution < 1.29 is 0 Å². The second-order valence-electron chi connectivity index (χ2n) is 6.23. The second kappa shape index (κ2) is 6.42. The van der Waals surface area contributed by atoms with E-state index in [1.807, 2.05) is 12.1 Å². The smallest absolute Gasteiger partial charge is 0.0632 e. The van der Waals surface area contributed by atoms with Crippen molar-refractivity contribution in [2.24, 2.45) is 11.7 Å². The van der Waals surface area contributed by atoms with Crippen molar-refractivity contribution in [2.45, 2.75) is 25.4 Å². The molecule has 0 aliphatic rings. The Hall–Kier alpha value is -1.64. The summed E-state index contributed by atoms with van der Waals surface area (Å²) in [6.07, 6.45) is 0. The predicted octanol–water partition coefficient (Wildman–Crippen LogP) is 3.80. The molecule has 0 aliphatic heterocycles. The number of likely N-dealkylation sites (N-methyl/N-ethyl adjacent to an activating group) is 1. The quantitative estimate of drug-likeness (QED) is 0.904. The third-order valence-corrected chi connectivity index (χ3v) is 4.31. The summed E-state index contributed by atoms with van der Waals surface area (Å²) < 4.78 is 0. The van der Waals surface area contributed by atoms with Crippen LogP contribution in [0.4, 0.5) is 0 Å². The van der Waals surface area contributed by atoms with Crippen LogP contribution in [0.1, 0.15) is 31.0 Å². The zero-order valence-corrected chi connectivity index (χ0v) is 13.5. The van der Waals surface area contributed by atoms with Crippen LogP contribution in [-0.4, -0.2) is 19.0 Å². The van der Waals surface area contributed by atoms with Crippen LogP contribution in [0.15, 0.2) is 60.7 Å². The van der Waals surface area contributed by atoms with Gasteiger partial charge >= 0.3 is 0 Å². The first kappa shape index (κ1) is 15.7. The number of rotatable bonds is 5. The average molecular weight is 282 g/mol. The number of hydrogen-bond acceptors (Lipinski definition) is 2. The van der Waals surface area contributed by atoms with E-state index in [4.69, 9.17) is 5.73 Å². The molecule has 0 radical (unpaired) electrons. The van der Waals surface area contributed by atoms with Gasteiger partial charge in [0.25, 0.3) is 0 Å². The van der Waals surface area contributed by atoms with Gasteiger partial charge in [-0.15, -0.1) is 0 Å². The monoisotopic (exact) mass is 282 g/mol. The lowest BCUT2D eigenvalue weighted by molar-refractivity contribution is 0.132. The van der Waals surface area contributed by atoms with Gasteiger partial charge in [-0.2, -0.15) is 0 Å². The maximum atomic E-state index is 7.00. The van der Waals surface area contributed by atoms with Gasteiger partial charge in [0.2, 0.25) is 0 Å². The molecule has 0 spiro atoms. The molecule has 112 valence electrons. The molecule has 2 N–H and O–H groups in total. The topological polar surface area (TPSA) is 29.3 Å². The number of nitrogens with zero attached hydrogens (tertiary/aromatic N) is 1. The first-order chi connectivity index (χ1) is 9.98. The van der Waals surface area contributed by atoms with Gasteiger partial charge in [-0.05, 0) is 31.1 Å². The molecule has 2 nitrogen and oxygen atoms in total. The van der Waals surface area contributed by atoms with Crippen LogP contribution in [0.2, 0.25) is 0 Å². The molecule has 2 aromatic rings. The minimum Gasteiger partial charge on any atom is -0.320 e. The van der Waals surface area contributed by atoms with Crippen molar-refractivity contribution in [2.75, 3.05) is 14.1 Å². The van der Waals surface area contributed by atoms with Crippen molar-refractivity contribution in [1.82, 2.24) is 4.90 Å². The van der Waals surface area contributed by atoms with Crippen molar-refractivity contribution >= 4 is 0 Å². The molecule has 0 aromatic heterocycles. The maximum Gasteiger partial charge on any atom is 0.0632 e. The van der Waals surface area contributed by atoms with E-state index in [9.17, 15) is 0 Å². The molecule has 0 saturated heterocycles. The first-order valence-corrected chi connectivity index (χ1v) is 7.53. The fraction of sp³-hybridized carbons (Fsp3) is 0.368. The standard InChI is InChI=1S/C19H26N2/c1-15(2)19(20,17-13-9-6-10-14-17)18(21(3)4)16-11-7-5-8-12-16/h5-15,18H,20H2,1-4H3. The fourth-order valence-electron chi connectivity index (χ4n) is 3.17. The summed E-state index contributed by atoms with van der Waals surface area (Å²) in [5, 5.41) is 0.